The van der Waals surface area contributed by atoms with Gasteiger partial charge in [-0.1, -0.05) is 18.2 Å². The van der Waals surface area contributed by atoms with Gasteiger partial charge in [-0.25, -0.2) is 9.18 Å². The Morgan fingerprint density at radius 1 is 1.14 bits per heavy atom. The number of hydrogen-bond acceptors (Lipinski definition) is 4. The molecule has 0 aliphatic rings. The van der Waals surface area contributed by atoms with Gasteiger partial charge in [0.25, 0.3) is 5.91 Å². The van der Waals surface area contributed by atoms with Gasteiger partial charge in [0, 0.05) is 12.1 Å². The number of aromatic nitrogens is 2. The van der Waals surface area contributed by atoms with Crippen molar-refractivity contribution in [3.05, 3.63) is 82.2 Å². The van der Waals surface area contributed by atoms with Crippen LogP contribution >= 0.6 is 0 Å². The molecule has 0 aliphatic carbocycles. The van der Waals surface area contributed by atoms with Crippen LogP contribution in [0.4, 0.5) is 4.39 Å². The van der Waals surface area contributed by atoms with E-state index < -0.39 is 5.69 Å². The molecule has 0 atom stereocenters. The molecule has 0 unspecified atom stereocenters. The van der Waals surface area contributed by atoms with E-state index in [0.717, 1.165) is 6.42 Å². The average Bonchev–Trinajstić information content (AvgIpc) is 2.74. The topological polar surface area (TPSA) is 84.1 Å². The molecule has 6 nitrogen and oxygen atoms in total. The molecule has 7 heteroatoms. The van der Waals surface area contributed by atoms with Crippen LogP contribution in [0.1, 0.15) is 28.9 Å². The Hall–Kier alpha value is -3.48. The van der Waals surface area contributed by atoms with Gasteiger partial charge in [0.2, 0.25) is 0 Å². The van der Waals surface area contributed by atoms with Crippen LogP contribution in [0, 0.1) is 5.82 Å². The van der Waals surface area contributed by atoms with E-state index in [0.29, 0.717) is 42.0 Å². The smallest absolute Gasteiger partial charge is 0.346 e. The predicted octanol–water partition coefficient (Wildman–Crippen LogP) is 3.34. The number of halogens is 1. The molecule has 150 valence electrons. The highest BCUT2D eigenvalue weighted by molar-refractivity contribution is 5.93. The highest BCUT2D eigenvalue weighted by Gasteiger charge is 2.10. The van der Waals surface area contributed by atoms with Crippen LogP contribution in [0.3, 0.4) is 0 Å². The van der Waals surface area contributed by atoms with E-state index in [-0.39, 0.29) is 17.4 Å². The minimum atomic E-state index is -0.594. The minimum Gasteiger partial charge on any atom is -0.497 e. The van der Waals surface area contributed by atoms with Crippen LogP contribution in [0.2, 0.25) is 0 Å². The van der Waals surface area contributed by atoms with Crippen molar-refractivity contribution in [1.29, 1.82) is 0 Å². The number of methoxy groups -OCH3 is 1. The van der Waals surface area contributed by atoms with Crippen LogP contribution in [0.5, 0.6) is 5.75 Å². The molecule has 2 N–H and O–H groups in total. The Balaban J connectivity index is 1.57. The number of carbonyl (C=O) groups is 1. The molecule has 0 fully saturated rings. The number of benzene rings is 2. The summed E-state index contributed by atoms with van der Waals surface area (Å²) in [5.74, 6) is 0.0917. The summed E-state index contributed by atoms with van der Waals surface area (Å²) >= 11 is 0. The lowest BCUT2D eigenvalue weighted by Crippen LogP contribution is -2.28. The summed E-state index contributed by atoms with van der Waals surface area (Å²) in [6, 6.07) is 15.3. The molecule has 0 spiro atoms. The zero-order valence-electron chi connectivity index (χ0n) is 16.1. The summed E-state index contributed by atoms with van der Waals surface area (Å²) in [4.78, 5) is 30.6. The predicted molar refractivity (Wildman–Crippen MR) is 109 cm³/mol. The number of ether oxygens (including phenoxy) is 1. The van der Waals surface area contributed by atoms with Crippen molar-refractivity contribution in [3.63, 3.8) is 0 Å². The van der Waals surface area contributed by atoms with Crippen molar-refractivity contribution in [2.75, 3.05) is 13.7 Å². The summed E-state index contributed by atoms with van der Waals surface area (Å²) in [6.45, 7) is 0.426. The van der Waals surface area contributed by atoms with Gasteiger partial charge in [0.05, 0.1) is 12.8 Å². The largest absolute Gasteiger partial charge is 0.497 e. The number of H-pyrrole nitrogens is 1. The molecule has 0 saturated carbocycles. The van der Waals surface area contributed by atoms with Crippen LogP contribution in [0.25, 0.3) is 11.3 Å². The van der Waals surface area contributed by atoms with Crippen molar-refractivity contribution >= 4 is 5.91 Å². The van der Waals surface area contributed by atoms with Crippen LogP contribution in [0.15, 0.2) is 59.4 Å². The number of nitrogens with one attached hydrogen (secondary N) is 2. The number of carbonyl (C=O) groups excluding carboxylic acids is 1. The molecule has 1 amide bonds. The normalized spacial score (nSPS) is 10.6. The summed E-state index contributed by atoms with van der Waals surface area (Å²) in [5, 5.41) is 2.77. The Kier molecular flexibility index (Phi) is 6.73. The van der Waals surface area contributed by atoms with E-state index in [1.54, 1.807) is 49.6 Å². The van der Waals surface area contributed by atoms with E-state index in [1.807, 2.05) is 0 Å². The second kappa shape index (κ2) is 9.64. The van der Waals surface area contributed by atoms with E-state index >= 15 is 0 Å². The summed E-state index contributed by atoms with van der Waals surface area (Å²) in [6.07, 6.45) is 2.04. The number of unbranched alkanes of at least 4 members (excludes halogenated alkanes) is 1. The first kappa shape index (κ1) is 20.3. The summed E-state index contributed by atoms with van der Waals surface area (Å²) < 4.78 is 18.7. The van der Waals surface area contributed by atoms with Crippen LogP contribution < -0.4 is 15.7 Å². The van der Waals surface area contributed by atoms with Gasteiger partial charge in [-0.05, 0) is 61.2 Å². The molecule has 1 aromatic heterocycles. The monoisotopic (exact) mass is 395 g/mol. The highest BCUT2D eigenvalue weighted by atomic mass is 19.1. The summed E-state index contributed by atoms with van der Waals surface area (Å²) in [7, 11) is 1.57. The number of nitrogens with zero attached hydrogens (tertiary/aromatic N) is 1. The maximum atomic E-state index is 13.6. The first-order valence-corrected chi connectivity index (χ1v) is 9.34. The molecular weight excluding hydrogens is 373 g/mol. The molecule has 0 saturated heterocycles. The molecule has 0 aliphatic heterocycles. The third kappa shape index (κ3) is 5.51. The van der Waals surface area contributed by atoms with Gasteiger partial charge in [0.1, 0.15) is 17.3 Å². The second-order valence-corrected chi connectivity index (χ2v) is 6.52. The van der Waals surface area contributed by atoms with Crippen LogP contribution in [-0.2, 0) is 6.42 Å². The molecular formula is C22H22FN3O3. The third-order valence-electron chi connectivity index (χ3n) is 4.49. The van der Waals surface area contributed by atoms with E-state index in [4.69, 9.17) is 4.74 Å². The first-order valence-electron chi connectivity index (χ1n) is 9.34. The van der Waals surface area contributed by atoms with Gasteiger partial charge in [-0.2, -0.15) is 4.98 Å². The number of aryl methyl sites for hydroxylation is 1. The third-order valence-corrected chi connectivity index (χ3v) is 4.49. The number of rotatable bonds is 8. The number of aromatic amines is 1. The van der Waals surface area contributed by atoms with E-state index in [1.165, 1.54) is 12.1 Å². The number of hydrogen-bond donors (Lipinski definition) is 2. The maximum absolute atomic E-state index is 13.6. The van der Waals surface area contributed by atoms with Gasteiger partial charge in [-0.15, -0.1) is 0 Å². The van der Waals surface area contributed by atoms with Crippen molar-refractivity contribution < 1.29 is 13.9 Å². The Labute approximate surface area is 167 Å². The average molecular weight is 395 g/mol. The zero-order valence-corrected chi connectivity index (χ0v) is 16.1. The lowest BCUT2D eigenvalue weighted by atomic mass is 10.1. The van der Waals surface area contributed by atoms with E-state index in [9.17, 15) is 14.0 Å². The molecule has 3 aromatic rings. The maximum Gasteiger partial charge on any atom is 0.346 e. The zero-order chi connectivity index (χ0) is 20.6. The standard InChI is InChI=1S/C22H22FN3O3/c1-29-17-11-9-16(10-12-17)19-14-20(26-22(28)25-19)21(27)24-13-5-4-7-15-6-2-3-8-18(15)23/h2-3,6,8-12,14H,4-5,7,13H2,1H3,(H,24,27)(H,25,26,28). The fourth-order valence-corrected chi connectivity index (χ4v) is 2.93. The van der Waals surface area contributed by atoms with Gasteiger partial charge >= 0.3 is 5.69 Å². The second-order valence-electron chi connectivity index (χ2n) is 6.52. The first-order chi connectivity index (χ1) is 14.1. The van der Waals surface area contributed by atoms with E-state index in [2.05, 4.69) is 15.3 Å². The molecule has 1 heterocycles. The van der Waals surface area contributed by atoms with Crippen molar-refractivity contribution in [1.82, 2.24) is 15.3 Å². The number of amides is 1. The quantitative estimate of drug-likeness (QED) is 0.573. The highest BCUT2D eigenvalue weighted by Crippen LogP contribution is 2.20. The van der Waals surface area contributed by atoms with Crippen molar-refractivity contribution in [3.8, 4) is 17.0 Å². The van der Waals surface area contributed by atoms with Crippen LogP contribution in [-0.4, -0.2) is 29.5 Å². The lowest BCUT2D eigenvalue weighted by molar-refractivity contribution is 0.0947. The summed E-state index contributed by atoms with van der Waals surface area (Å²) in [5.41, 5.74) is 1.33. The van der Waals surface area contributed by atoms with Gasteiger partial charge in [0.15, 0.2) is 0 Å². The fraction of sp³-hybridized carbons (Fsp3) is 0.227. The lowest BCUT2D eigenvalue weighted by Gasteiger charge is -2.07. The van der Waals surface area contributed by atoms with Crippen molar-refractivity contribution in [2.45, 2.75) is 19.3 Å². The Morgan fingerprint density at radius 3 is 2.62 bits per heavy atom. The van der Waals surface area contributed by atoms with Crippen molar-refractivity contribution in [2.24, 2.45) is 0 Å². The fourth-order valence-electron chi connectivity index (χ4n) is 2.93. The van der Waals surface area contributed by atoms with Gasteiger partial charge in [-0.3, -0.25) is 4.79 Å². The molecule has 0 radical (unpaired) electrons. The SMILES string of the molecule is COc1ccc(-c2cc(C(=O)NCCCCc3ccccc3F)[nH]c(=O)n2)cc1. The molecule has 29 heavy (non-hydrogen) atoms. The molecule has 2 aromatic carbocycles. The minimum absolute atomic E-state index is 0.143. The Bertz CT molecular complexity index is 1030. The Morgan fingerprint density at radius 2 is 1.90 bits per heavy atom. The van der Waals surface area contributed by atoms with Gasteiger partial charge < -0.3 is 15.0 Å². The molecule has 3 rings (SSSR count). The molecule has 0 bridgehead atoms.